The molecule has 1 aromatic rings. The first kappa shape index (κ1) is 18.4. The Kier molecular flexibility index (Phi) is 6.70. The SMILES string of the molecule is COc1cc([N+](=O)[O-])cc([C@@H](N)[C@@H](O)C(C)C)c1O.Cl. The molecule has 0 aliphatic rings. The predicted octanol–water partition coefficient (Wildman–Crippen LogP) is 1.75. The summed E-state index contributed by atoms with van der Waals surface area (Å²) in [5.41, 5.74) is 5.68. The van der Waals surface area contributed by atoms with Crippen molar-refractivity contribution in [3.63, 3.8) is 0 Å². The van der Waals surface area contributed by atoms with Gasteiger partial charge in [0, 0.05) is 11.6 Å². The number of rotatable bonds is 5. The number of phenolic OH excluding ortho intramolecular Hbond substituents is 1. The molecule has 0 radical (unpaired) electrons. The molecule has 0 spiro atoms. The third-order valence-electron chi connectivity index (χ3n) is 2.93. The molecule has 0 aromatic heterocycles. The number of aromatic hydroxyl groups is 1. The standard InChI is InChI=1S/C12H18N2O5.ClH/c1-6(2)11(15)10(13)8-4-7(14(17)18)5-9(19-3)12(8)16;/h4-6,10-11,15-16H,13H2,1-3H3;1H/t10-,11+;/m1./s1. The number of aliphatic hydroxyl groups is 1. The third-order valence-corrected chi connectivity index (χ3v) is 2.93. The van der Waals surface area contributed by atoms with Crippen LogP contribution in [0.3, 0.4) is 0 Å². The van der Waals surface area contributed by atoms with Crippen LogP contribution in [0.4, 0.5) is 5.69 Å². The molecule has 114 valence electrons. The van der Waals surface area contributed by atoms with Crippen LogP contribution in [0, 0.1) is 16.0 Å². The van der Waals surface area contributed by atoms with Crippen LogP contribution in [-0.4, -0.2) is 28.4 Å². The summed E-state index contributed by atoms with van der Waals surface area (Å²) >= 11 is 0. The molecule has 0 aliphatic heterocycles. The molecule has 8 heteroatoms. The number of hydrogen-bond donors (Lipinski definition) is 3. The summed E-state index contributed by atoms with van der Waals surface area (Å²) in [6.07, 6.45) is -0.933. The van der Waals surface area contributed by atoms with Gasteiger partial charge in [0.25, 0.3) is 5.69 Å². The van der Waals surface area contributed by atoms with Crippen LogP contribution in [0.5, 0.6) is 11.5 Å². The highest BCUT2D eigenvalue weighted by molar-refractivity contribution is 5.85. The van der Waals surface area contributed by atoms with E-state index in [9.17, 15) is 20.3 Å². The van der Waals surface area contributed by atoms with Gasteiger partial charge in [-0.05, 0) is 5.92 Å². The number of methoxy groups -OCH3 is 1. The van der Waals surface area contributed by atoms with Gasteiger partial charge in [-0.1, -0.05) is 13.8 Å². The maximum atomic E-state index is 10.8. The Labute approximate surface area is 122 Å². The zero-order valence-corrected chi connectivity index (χ0v) is 12.3. The number of nitrogens with two attached hydrogens (primary N) is 1. The molecule has 7 nitrogen and oxygen atoms in total. The number of non-ortho nitro benzene ring substituents is 1. The van der Waals surface area contributed by atoms with Gasteiger partial charge < -0.3 is 20.7 Å². The van der Waals surface area contributed by atoms with Crippen LogP contribution < -0.4 is 10.5 Å². The van der Waals surface area contributed by atoms with Crippen molar-refractivity contribution in [1.29, 1.82) is 0 Å². The van der Waals surface area contributed by atoms with Gasteiger partial charge in [0.05, 0.1) is 30.2 Å². The van der Waals surface area contributed by atoms with Crippen LogP contribution in [0.2, 0.25) is 0 Å². The first-order chi connectivity index (χ1) is 8.79. The van der Waals surface area contributed by atoms with Crippen molar-refractivity contribution < 1.29 is 19.9 Å². The fourth-order valence-corrected chi connectivity index (χ4v) is 1.73. The largest absolute Gasteiger partial charge is 0.504 e. The molecular weight excluding hydrogens is 288 g/mol. The lowest BCUT2D eigenvalue weighted by molar-refractivity contribution is -0.385. The molecule has 0 saturated carbocycles. The van der Waals surface area contributed by atoms with E-state index in [-0.39, 0.29) is 41.1 Å². The Bertz CT molecular complexity index is 481. The second-order valence-electron chi connectivity index (χ2n) is 4.60. The Balaban J connectivity index is 0.00000361. The smallest absolute Gasteiger partial charge is 0.273 e. The van der Waals surface area contributed by atoms with E-state index < -0.39 is 17.1 Å². The fourth-order valence-electron chi connectivity index (χ4n) is 1.73. The highest BCUT2D eigenvalue weighted by atomic mass is 35.5. The van der Waals surface area contributed by atoms with Gasteiger partial charge in [-0.25, -0.2) is 0 Å². The Morgan fingerprint density at radius 2 is 1.95 bits per heavy atom. The normalized spacial score (nSPS) is 13.5. The van der Waals surface area contributed by atoms with E-state index in [4.69, 9.17) is 10.5 Å². The zero-order chi connectivity index (χ0) is 14.7. The summed E-state index contributed by atoms with van der Waals surface area (Å²) in [5.74, 6) is -0.490. The molecule has 0 fully saturated rings. The first-order valence-corrected chi connectivity index (χ1v) is 5.78. The van der Waals surface area contributed by atoms with Crippen LogP contribution in [0.15, 0.2) is 12.1 Å². The van der Waals surface area contributed by atoms with Gasteiger partial charge in [0.1, 0.15) is 0 Å². The average Bonchev–Trinajstić information content (AvgIpc) is 2.36. The minimum Gasteiger partial charge on any atom is -0.504 e. The lowest BCUT2D eigenvalue weighted by Crippen LogP contribution is -2.30. The maximum Gasteiger partial charge on any atom is 0.273 e. The number of hydrogen-bond acceptors (Lipinski definition) is 6. The topological polar surface area (TPSA) is 119 Å². The van der Waals surface area contributed by atoms with Gasteiger partial charge >= 0.3 is 0 Å². The van der Waals surface area contributed by atoms with E-state index in [1.165, 1.54) is 7.11 Å². The predicted molar refractivity (Wildman–Crippen MR) is 76.3 cm³/mol. The number of nitro benzene ring substituents is 1. The molecule has 0 bridgehead atoms. The van der Waals surface area contributed by atoms with Crippen molar-refractivity contribution in [3.8, 4) is 11.5 Å². The van der Waals surface area contributed by atoms with E-state index in [0.717, 1.165) is 12.1 Å². The van der Waals surface area contributed by atoms with Gasteiger partial charge in [-0.3, -0.25) is 10.1 Å². The van der Waals surface area contributed by atoms with Crippen LogP contribution in [0.25, 0.3) is 0 Å². The molecule has 0 heterocycles. The van der Waals surface area contributed by atoms with Crippen molar-refractivity contribution in [1.82, 2.24) is 0 Å². The summed E-state index contributed by atoms with van der Waals surface area (Å²) in [5, 5.41) is 30.7. The van der Waals surface area contributed by atoms with Gasteiger partial charge in [-0.2, -0.15) is 0 Å². The highest BCUT2D eigenvalue weighted by Crippen LogP contribution is 2.38. The van der Waals surface area contributed by atoms with Crippen LogP contribution >= 0.6 is 12.4 Å². The number of halogens is 1. The lowest BCUT2D eigenvalue weighted by atomic mass is 9.93. The monoisotopic (exact) mass is 306 g/mol. The van der Waals surface area contributed by atoms with Gasteiger partial charge in [0.15, 0.2) is 11.5 Å². The van der Waals surface area contributed by atoms with Crippen molar-refractivity contribution in [3.05, 3.63) is 27.8 Å². The Morgan fingerprint density at radius 3 is 2.35 bits per heavy atom. The quantitative estimate of drug-likeness (QED) is 0.563. The molecule has 1 aromatic carbocycles. The number of ether oxygens (including phenoxy) is 1. The van der Waals surface area contributed by atoms with Crippen LogP contribution in [-0.2, 0) is 0 Å². The molecule has 0 aliphatic carbocycles. The Morgan fingerprint density at radius 1 is 1.40 bits per heavy atom. The molecular formula is C12H19ClN2O5. The van der Waals surface area contributed by atoms with E-state index in [0.29, 0.717) is 0 Å². The summed E-state index contributed by atoms with van der Waals surface area (Å²) in [7, 11) is 1.28. The minimum absolute atomic E-state index is 0. The molecule has 0 amide bonds. The fraction of sp³-hybridized carbons (Fsp3) is 0.500. The average molecular weight is 307 g/mol. The molecule has 2 atom stereocenters. The lowest BCUT2D eigenvalue weighted by Gasteiger charge is -2.23. The van der Waals surface area contributed by atoms with Crippen LogP contribution in [0.1, 0.15) is 25.5 Å². The first-order valence-electron chi connectivity index (χ1n) is 5.78. The number of phenols is 1. The summed E-state index contributed by atoms with van der Waals surface area (Å²) < 4.78 is 4.88. The molecule has 4 N–H and O–H groups in total. The second-order valence-corrected chi connectivity index (χ2v) is 4.60. The summed E-state index contributed by atoms with van der Waals surface area (Å²) in [6.45, 7) is 3.52. The number of nitro groups is 1. The zero-order valence-electron chi connectivity index (χ0n) is 11.4. The van der Waals surface area contributed by atoms with E-state index in [1.807, 2.05) is 0 Å². The number of aliphatic hydroxyl groups excluding tert-OH is 1. The van der Waals surface area contributed by atoms with E-state index in [1.54, 1.807) is 13.8 Å². The second kappa shape index (κ2) is 7.28. The number of benzene rings is 1. The third kappa shape index (κ3) is 3.72. The van der Waals surface area contributed by atoms with Gasteiger partial charge in [0.2, 0.25) is 0 Å². The van der Waals surface area contributed by atoms with Crippen molar-refractivity contribution >= 4 is 18.1 Å². The van der Waals surface area contributed by atoms with E-state index in [2.05, 4.69) is 0 Å². The van der Waals surface area contributed by atoms with Gasteiger partial charge in [-0.15, -0.1) is 12.4 Å². The maximum absolute atomic E-state index is 10.8. The summed E-state index contributed by atoms with van der Waals surface area (Å²) in [4.78, 5) is 10.2. The van der Waals surface area contributed by atoms with Crippen molar-refractivity contribution in [2.75, 3.05) is 7.11 Å². The summed E-state index contributed by atoms with van der Waals surface area (Å²) in [6, 6.07) is 1.32. The minimum atomic E-state index is -0.936. The molecule has 0 unspecified atom stereocenters. The number of nitrogens with zero attached hydrogens (tertiary/aromatic N) is 1. The Hall–Kier alpha value is -1.57. The van der Waals surface area contributed by atoms with Crippen molar-refractivity contribution in [2.24, 2.45) is 11.7 Å². The van der Waals surface area contributed by atoms with E-state index >= 15 is 0 Å². The molecule has 0 saturated heterocycles. The highest BCUT2D eigenvalue weighted by Gasteiger charge is 2.27. The molecule has 1 rings (SSSR count). The van der Waals surface area contributed by atoms with Crippen molar-refractivity contribution in [2.45, 2.75) is 26.0 Å². The molecule has 20 heavy (non-hydrogen) atoms.